The van der Waals surface area contributed by atoms with Crippen molar-refractivity contribution < 1.29 is 14.8 Å². The van der Waals surface area contributed by atoms with Crippen molar-refractivity contribution >= 4 is 44.9 Å². The third-order valence-electron chi connectivity index (χ3n) is 2.10. The van der Waals surface area contributed by atoms with E-state index in [2.05, 4.69) is 21.2 Å². The summed E-state index contributed by atoms with van der Waals surface area (Å²) in [5, 5.41) is 22.6. The second-order valence-corrected chi connectivity index (χ2v) is 4.97. The SMILES string of the molecule is C[C@H](CC(=O)O)Nc1c(Br)cc(Cl)cc1[N+](=O)[O-]. The molecule has 1 aromatic carbocycles. The van der Waals surface area contributed by atoms with Crippen LogP contribution in [0.2, 0.25) is 5.02 Å². The van der Waals surface area contributed by atoms with E-state index in [1.807, 2.05) is 0 Å². The van der Waals surface area contributed by atoms with Gasteiger partial charge in [-0.05, 0) is 28.9 Å². The van der Waals surface area contributed by atoms with Crippen molar-refractivity contribution in [3.05, 3.63) is 31.7 Å². The maximum absolute atomic E-state index is 10.9. The molecule has 6 nitrogen and oxygen atoms in total. The van der Waals surface area contributed by atoms with E-state index in [0.717, 1.165) is 0 Å². The maximum atomic E-state index is 10.9. The standard InChI is InChI=1S/C10H10BrClN2O4/c1-5(2-9(15)16)13-10-7(11)3-6(12)4-8(10)14(17)18/h3-5,13H,2H2,1H3,(H,15,16)/t5-/m1/s1. The zero-order valence-corrected chi connectivity index (χ0v) is 11.7. The highest BCUT2D eigenvalue weighted by molar-refractivity contribution is 9.10. The second kappa shape index (κ2) is 6.01. The fourth-order valence-electron chi connectivity index (χ4n) is 1.41. The van der Waals surface area contributed by atoms with Crippen molar-refractivity contribution in [3.63, 3.8) is 0 Å². The van der Waals surface area contributed by atoms with Crippen molar-refractivity contribution in [1.82, 2.24) is 0 Å². The monoisotopic (exact) mass is 336 g/mol. The number of halogens is 2. The number of rotatable bonds is 5. The Balaban J connectivity index is 3.07. The molecule has 0 unspecified atom stereocenters. The predicted molar refractivity (Wildman–Crippen MR) is 71.1 cm³/mol. The molecule has 1 atom stereocenters. The number of nitro groups is 1. The molecule has 1 aromatic rings. The third-order valence-corrected chi connectivity index (χ3v) is 2.95. The Hall–Kier alpha value is -1.34. The van der Waals surface area contributed by atoms with Crippen molar-refractivity contribution in [2.75, 3.05) is 5.32 Å². The number of aliphatic carboxylic acids is 1. The Morgan fingerprint density at radius 3 is 2.78 bits per heavy atom. The van der Waals surface area contributed by atoms with Gasteiger partial charge in [0.15, 0.2) is 0 Å². The summed E-state index contributed by atoms with van der Waals surface area (Å²) in [7, 11) is 0. The number of hydrogen-bond acceptors (Lipinski definition) is 4. The smallest absolute Gasteiger partial charge is 0.305 e. The van der Waals surface area contributed by atoms with Gasteiger partial charge in [0.05, 0.1) is 11.3 Å². The lowest BCUT2D eigenvalue weighted by molar-refractivity contribution is -0.384. The van der Waals surface area contributed by atoms with Crippen molar-refractivity contribution in [3.8, 4) is 0 Å². The van der Waals surface area contributed by atoms with Crippen molar-refractivity contribution in [2.24, 2.45) is 0 Å². The van der Waals surface area contributed by atoms with Crippen LogP contribution >= 0.6 is 27.5 Å². The molecule has 0 bridgehead atoms. The van der Waals surface area contributed by atoms with Gasteiger partial charge in [-0.2, -0.15) is 0 Å². The van der Waals surface area contributed by atoms with Gasteiger partial charge >= 0.3 is 5.97 Å². The molecule has 0 heterocycles. The maximum Gasteiger partial charge on any atom is 0.305 e. The average Bonchev–Trinajstić information content (AvgIpc) is 2.20. The predicted octanol–water partition coefficient (Wildman–Crippen LogP) is 3.29. The van der Waals surface area contributed by atoms with Gasteiger partial charge in [0.25, 0.3) is 5.69 Å². The van der Waals surface area contributed by atoms with Crippen LogP contribution in [0.4, 0.5) is 11.4 Å². The molecule has 0 saturated heterocycles. The number of benzene rings is 1. The Labute approximate surface area is 116 Å². The van der Waals surface area contributed by atoms with Crippen LogP contribution in [-0.4, -0.2) is 22.0 Å². The van der Waals surface area contributed by atoms with E-state index in [4.69, 9.17) is 16.7 Å². The minimum Gasteiger partial charge on any atom is -0.481 e. The van der Waals surface area contributed by atoms with Crippen molar-refractivity contribution in [1.29, 1.82) is 0 Å². The molecule has 2 N–H and O–H groups in total. The average molecular weight is 338 g/mol. The van der Waals surface area contributed by atoms with Gasteiger partial charge in [-0.3, -0.25) is 14.9 Å². The number of anilines is 1. The third kappa shape index (κ3) is 3.85. The number of nitrogens with one attached hydrogen (secondary N) is 1. The highest BCUT2D eigenvalue weighted by Gasteiger charge is 2.20. The van der Waals surface area contributed by atoms with Gasteiger partial charge in [-0.15, -0.1) is 0 Å². The lowest BCUT2D eigenvalue weighted by Gasteiger charge is -2.14. The number of carboxylic acid groups (broad SMARTS) is 1. The van der Waals surface area contributed by atoms with Gasteiger partial charge in [0.1, 0.15) is 5.69 Å². The number of carboxylic acids is 1. The fourth-order valence-corrected chi connectivity index (χ4v) is 2.31. The first kappa shape index (κ1) is 14.7. The largest absolute Gasteiger partial charge is 0.481 e. The Kier molecular flexibility index (Phi) is 4.92. The molecule has 0 aliphatic rings. The number of hydrogen-bond donors (Lipinski definition) is 2. The molecule has 0 aromatic heterocycles. The number of nitrogens with zero attached hydrogens (tertiary/aromatic N) is 1. The van der Waals surface area contributed by atoms with Crippen LogP contribution in [0.1, 0.15) is 13.3 Å². The molecule has 1 rings (SSSR count). The summed E-state index contributed by atoms with van der Waals surface area (Å²) in [5.74, 6) is -0.984. The fraction of sp³-hybridized carbons (Fsp3) is 0.300. The Morgan fingerprint density at radius 1 is 1.67 bits per heavy atom. The zero-order valence-electron chi connectivity index (χ0n) is 9.31. The molecule has 18 heavy (non-hydrogen) atoms. The minimum atomic E-state index is -0.984. The molecule has 0 fully saturated rings. The zero-order chi connectivity index (χ0) is 13.9. The summed E-state index contributed by atoms with van der Waals surface area (Å²) in [5.41, 5.74) is 0.0183. The molecule has 0 aliphatic heterocycles. The van der Waals surface area contributed by atoms with Gasteiger partial charge in [-0.1, -0.05) is 11.6 Å². The number of carbonyl (C=O) groups is 1. The second-order valence-electron chi connectivity index (χ2n) is 3.68. The van der Waals surface area contributed by atoms with E-state index in [1.165, 1.54) is 12.1 Å². The molecule has 0 amide bonds. The highest BCUT2D eigenvalue weighted by Crippen LogP contribution is 2.36. The van der Waals surface area contributed by atoms with E-state index < -0.39 is 16.9 Å². The molecule has 0 aliphatic carbocycles. The quantitative estimate of drug-likeness (QED) is 0.635. The van der Waals surface area contributed by atoms with E-state index in [1.54, 1.807) is 6.92 Å². The van der Waals surface area contributed by atoms with Crippen LogP contribution in [0.5, 0.6) is 0 Å². The van der Waals surface area contributed by atoms with Crippen LogP contribution in [0.25, 0.3) is 0 Å². The topological polar surface area (TPSA) is 92.5 Å². The normalized spacial score (nSPS) is 11.9. The van der Waals surface area contributed by atoms with Crippen LogP contribution in [0.3, 0.4) is 0 Å². The summed E-state index contributed by atoms with van der Waals surface area (Å²) in [6.07, 6.45) is -0.147. The van der Waals surface area contributed by atoms with Crippen LogP contribution < -0.4 is 5.32 Å². The van der Waals surface area contributed by atoms with E-state index >= 15 is 0 Å². The van der Waals surface area contributed by atoms with Gasteiger partial charge in [-0.25, -0.2) is 0 Å². The van der Waals surface area contributed by atoms with Gasteiger partial charge < -0.3 is 10.4 Å². The first-order valence-electron chi connectivity index (χ1n) is 4.93. The summed E-state index contributed by atoms with van der Waals surface area (Å²) in [4.78, 5) is 20.9. The summed E-state index contributed by atoms with van der Waals surface area (Å²) in [6, 6.07) is 2.27. The first-order chi connectivity index (χ1) is 8.31. The molecule has 0 spiro atoms. The molecule has 8 heteroatoms. The molecule has 0 radical (unpaired) electrons. The van der Waals surface area contributed by atoms with Crippen molar-refractivity contribution in [2.45, 2.75) is 19.4 Å². The molecule has 0 saturated carbocycles. The van der Waals surface area contributed by atoms with E-state index in [-0.39, 0.29) is 22.8 Å². The summed E-state index contributed by atoms with van der Waals surface area (Å²) >= 11 is 8.89. The Bertz CT molecular complexity index is 495. The van der Waals surface area contributed by atoms with Crippen LogP contribution in [-0.2, 0) is 4.79 Å². The summed E-state index contributed by atoms with van der Waals surface area (Å²) in [6.45, 7) is 1.62. The van der Waals surface area contributed by atoms with Crippen LogP contribution in [0.15, 0.2) is 16.6 Å². The highest BCUT2D eigenvalue weighted by atomic mass is 79.9. The molecular weight excluding hydrogens is 327 g/mol. The Morgan fingerprint density at radius 2 is 2.28 bits per heavy atom. The lowest BCUT2D eigenvalue weighted by atomic mass is 10.2. The summed E-state index contributed by atoms with van der Waals surface area (Å²) < 4.78 is 0.416. The van der Waals surface area contributed by atoms with Gasteiger partial charge in [0, 0.05) is 21.6 Å². The molecule has 98 valence electrons. The van der Waals surface area contributed by atoms with Gasteiger partial charge in [0.2, 0.25) is 0 Å². The van der Waals surface area contributed by atoms with E-state index in [0.29, 0.717) is 4.47 Å². The lowest BCUT2D eigenvalue weighted by Crippen LogP contribution is -2.20. The molecular formula is C10H10BrClN2O4. The minimum absolute atomic E-state index is 0.147. The van der Waals surface area contributed by atoms with Crippen LogP contribution in [0, 0.1) is 10.1 Å². The number of nitro benzene ring substituents is 1. The first-order valence-corrected chi connectivity index (χ1v) is 6.10. The van der Waals surface area contributed by atoms with E-state index in [9.17, 15) is 14.9 Å².